The molecule has 0 amide bonds. The number of hydrogen-bond donors (Lipinski definition) is 2. The molecule has 1 heterocycles. The Hall–Kier alpha value is -0.00519. The molecule has 5 nitrogen and oxygen atoms in total. The van der Waals surface area contributed by atoms with Gasteiger partial charge in [0.1, 0.15) is 0 Å². The summed E-state index contributed by atoms with van der Waals surface area (Å²) in [5.74, 6) is 0. The molecule has 0 radical (unpaired) electrons. The van der Waals surface area contributed by atoms with Gasteiger partial charge in [-0.15, -0.1) is 0 Å². The van der Waals surface area contributed by atoms with Gasteiger partial charge in [-0.25, -0.2) is 0 Å². The van der Waals surface area contributed by atoms with Gasteiger partial charge in [-0.05, 0) is 27.5 Å². The highest BCUT2D eigenvalue weighted by Crippen LogP contribution is 2.15. The lowest BCUT2D eigenvalue weighted by molar-refractivity contribution is 0.524. The van der Waals surface area contributed by atoms with Gasteiger partial charge in [0.15, 0.2) is 0 Å². The molecular weight excluding hydrogens is 187 g/mol. The second-order valence-corrected chi connectivity index (χ2v) is 4.45. The minimum absolute atomic E-state index is 0.0851. The van der Waals surface area contributed by atoms with Gasteiger partial charge in [0, 0.05) is 0 Å². The van der Waals surface area contributed by atoms with Crippen LogP contribution in [-0.4, -0.2) is 56.5 Å². The predicted octanol–water partition coefficient (Wildman–Crippen LogP) is -1.03. The highest BCUT2D eigenvalue weighted by Gasteiger charge is 2.45. The molecule has 1 aliphatic heterocycles. The summed E-state index contributed by atoms with van der Waals surface area (Å²) in [5, 5.41) is 0. The Kier molecular flexibility index (Phi) is 4.67. The minimum atomic E-state index is -0.0851. The quantitative estimate of drug-likeness (QED) is 0.581. The highest BCUT2D eigenvalue weighted by atomic mass is 15.3. The first-order chi connectivity index (χ1) is 7.00. The first-order valence-corrected chi connectivity index (χ1v) is 5.67. The standard InChI is InChI=1S/C7H22B3N5/c1-5-6-7-8-13(2)9(11)15(4)10(12)14(8)3/h5-7,11-12H2,1-4H3. The zero-order valence-electron chi connectivity index (χ0n) is 10.3. The fourth-order valence-electron chi connectivity index (χ4n) is 2.16. The van der Waals surface area contributed by atoms with Gasteiger partial charge in [-0.1, -0.05) is 19.8 Å². The van der Waals surface area contributed by atoms with Gasteiger partial charge >= 0.3 is 14.2 Å². The molecule has 0 aliphatic carbocycles. The van der Waals surface area contributed by atoms with Crippen molar-refractivity contribution in [3.63, 3.8) is 0 Å². The maximum atomic E-state index is 6.08. The summed E-state index contributed by atoms with van der Waals surface area (Å²) in [4.78, 5) is 0. The number of unbranched alkanes of at least 4 members (excludes halogenated alkanes) is 1. The molecule has 4 N–H and O–H groups in total. The van der Waals surface area contributed by atoms with Gasteiger partial charge in [-0.3, -0.25) is 0 Å². The lowest BCUT2D eigenvalue weighted by Crippen LogP contribution is -2.80. The van der Waals surface area contributed by atoms with Crippen molar-refractivity contribution in [3.05, 3.63) is 0 Å². The van der Waals surface area contributed by atoms with Gasteiger partial charge in [0.05, 0.1) is 0 Å². The fourth-order valence-corrected chi connectivity index (χ4v) is 2.16. The molecule has 0 bridgehead atoms. The van der Waals surface area contributed by atoms with Gasteiger partial charge in [0.2, 0.25) is 0 Å². The zero-order chi connectivity index (χ0) is 11.6. The lowest BCUT2D eigenvalue weighted by Gasteiger charge is -2.47. The number of hydrogen-bond acceptors (Lipinski definition) is 5. The van der Waals surface area contributed by atoms with E-state index in [4.69, 9.17) is 11.3 Å². The normalized spacial score (nSPS) is 21.6. The van der Waals surface area contributed by atoms with Crippen LogP contribution in [0.1, 0.15) is 19.8 Å². The minimum Gasteiger partial charge on any atom is -0.345 e. The van der Waals surface area contributed by atoms with Crippen molar-refractivity contribution in [1.29, 1.82) is 0 Å². The van der Waals surface area contributed by atoms with Crippen molar-refractivity contribution in [2.45, 2.75) is 26.1 Å². The van der Waals surface area contributed by atoms with E-state index in [1.807, 2.05) is 11.8 Å². The van der Waals surface area contributed by atoms with Gasteiger partial charge in [-0.2, -0.15) is 0 Å². The average Bonchev–Trinajstić information content (AvgIpc) is 2.24. The monoisotopic (exact) mass is 209 g/mol. The SMILES string of the molecule is CCCCB1N(C)B(N)N(C)B(N)N1C. The third-order valence-corrected chi connectivity index (χ3v) is 3.43. The molecule has 0 aromatic rings. The van der Waals surface area contributed by atoms with Crippen molar-refractivity contribution in [3.8, 4) is 0 Å². The van der Waals surface area contributed by atoms with E-state index < -0.39 is 0 Å². The van der Waals surface area contributed by atoms with Crippen LogP contribution in [0, 0.1) is 0 Å². The van der Waals surface area contributed by atoms with Crippen molar-refractivity contribution < 1.29 is 0 Å². The molecule has 8 heteroatoms. The molecule has 0 saturated carbocycles. The zero-order valence-corrected chi connectivity index (χ0v) is 10.3. The molecule has 1 saturated heterocycles. The van der Waals surface area contributed by atoms with Crippen LogP contribution in [0.3, 0.4) is 0 Å². The average molecular weight is 209 g/mol. The second-order valence-electron chi connectivity index (χ2n) is 4.45. The number of nitrogens with two attached hydrogens (primary N) is 2. The van der Waals surface area contributed by atoms with Crippen LogP contribution in [0.2, 0.25) is 6.32 Å². The van der Waals surface area contributed by atoms with Crippen molar-refractivity contribution >= 4 is 21.2 Å². The molecule has 1 aliphatic rings. The van der Waals surface area contributed by atoms with Crippen LogP contribution in [0.15, 0.2) is 0 Å². The molecule has 0 unspecified atom stereocenters. The lowest BCUT2D eigenvalue weighted by atomic mass is 9.50. The number of rotatable bonds is 3. The summed E-state index contributed by atoms with van der Waals surface area (Å²) in [6.07, 6.45) is 3.54. The van der Waals surface area contributed by atoms with E-state index >= 15 is 0 Å². The maximum Gasteiger partial charge on any atom is 0.377 e. The van der Waals surface area contributed by atoms with Crippen molar-refractivity contribution in [1.82, 2.24) is 14.2 Å². The number of nitrogens with zero attached hydrogens (tertiary/aromatic N) is 3. The molecular formula is C7H22B3N5. The first kappa shape index (κ1) is 13.1. The van der Waals surface area contributed by atoms with Crippen molar-refractivity contribution in [2.75, 3.05) is 21.1 Å². The molecule has 84 valence electrons. The molecule has 0 atom stereocenters. The van der Waals surface area contributed by atoms with Crippen LogP contribution >= 0.6 is 0 Å². The Balaban J connectivity index is 2.68. The third kappa shape index (κ3) is 2.57. The Bertz CT molecular complexity index is 191. The molecule has 1 rings (SSSR count). The van der Waals surface area contributed by atoms with E-state index in [-0.39, 0.29) is 14.2 Å². The summed E-state index contributed by atoms with van der Waals surface area (Å²) in [7, 11) is 5.91. The van der Waals surface area contributed by atoms with Crippen LogP contribution in [0.25, 0.3) is 0 Å². The van der Waals surface area contributed by atoms with E-state index in [2.05, 4.69) is 30.5 Å². The third-order valence-electron chi connectivity index (χ3n) is 3.43. The summed E-state index contributed by atoms with van der Waals surface area (Å²) < 4.78 is 6.33. The van der Waals surface area contributed by atoms with Crippen LogP contribution < -0.4 is 11.3 Å². The molecule has 0 aromatic heterocycles. The Morgan fingerprint density at radius 2 is 1.40 bits per heavy atom. The molecule has 1 fully saturated rings. The Morgan fingerprint density at radius 3 is 1.80 bits per heavy atom. The largest absolute Gasteiger partial charge is 0.377 e. The molecule has 0 spiro atoms. The fraction of sp³-hybridized carbons (Fsp3) is 1.00. The topological polar surface area (TPSA) is 61.8 Å². The molecule has 0 aromatic carbocycles. The van der Waals surface area contributed by atoms with Crippen LogP contribution in [0.4, 0.5) is 0 Å². The van der Waals surface area contributed by atoms with E-state index in [1.165, 1.54) is 12.8 Å². The van der Waals surface area contributed by atoms with Gasteiger partial charge < -0.3 is 25.5 Å². The first-order valence-electron chi connectivity index (χ1n) is 5.67. The summed E-state index contributed by atoms with van der Waals surface area (Å²) >= 11 is 0. The smallest absolute Gasteiger partial charge is 0.345 e. The van der Waals surface area contributed by atoms with E-state index in [0.717, 1.165) is 6.32 Å². The van der Waals surface area contributed by atoms with Crippen LogP contribution in [-0.2, 0) is 0 Å². The molecule has 15 heavy (non-hydrogen) atoms. The Labute approximate surface area is 94.5 Å². The van der Waals surface area contributed by atoms with E-state index in [0.29, 0.717) is 6.98 Å². The summed E-state index contributed by atoms with van der Waals surface area (Å²) in [5.41, 5.74) is 12.2. The summed E-state index contributed by atoms with van der Waals surface area (Å²) in [6.45, 7) is 2.56. The second kappa shape index (κ2) is 5.36. The van der Waals surface area contributed by atoms with E-state index in [1.54, 1.807) is 0 Å². The van der Waals surface area contributed by atoms with Crippen LogP contribution in [0.5, 0.6) is 0 Å². The highest BCUT2D eigenvalue weighted by molar-refractivity contribution is 6.83. The maximum absolute atomic E-state index is 6.08. The predicted molar refractivity (Wildman–Crippen MR) is 68.6 cm³/mol. The summed E-state index contributed by atoms with van der Waals surface area (Å²) in [6, 6.07) is 0. The Morgan fingerprint density at radius 1 is 0.933 bits per heavy atom. The van der Waals surface area contributed by atoms with Crippen molar-refractivity contribution in [2.24, 2.45) is 11.3 Å². The van der Waals surface area contributed by atoms with E-state index in [9.17, 15) is 0 Å². The van der Waals surface area contributed by atoms with Gasteiger partial charge in [0.25, 0.3) is 6.98 Å².